The maximum absolute atomic E-state index is 11.6. The molecule has 1 amide bonds. The van der Waals surface area contributed by atoms with Gasteiger partial charge in [0.2, 0.25) is 0 Å². The second kappa shape index (κ2) is 7.12. The van der Waals surface area contributed by atoms with Gasteiger partial charge >= 0.3 is 0 Å². The molecule has 0 fully saturated rings. The van der Waals surface area contributed by atoms with E-state index in [0.717, 1.165) is 11.3 Å². The number of ether oxygens (including phenoxy) is 1. The van der Waals surface area contributed by atoms with Gasteiger partial charge in [-0.15, -0.1) is 0 Å². The molecule has 1 aromatic rings. The molecule has 18 heavy (non-hydrogen) atoms. The van der Waals surface area contributed by atoms with Gasteiger partial charge in [0.25, 0.3) is 5.91 Å². The van der Waals surface area contributed by atoms with Gasteiger partial charge in [-0.25, -0.2) is 0 Å². The highest BCUT2D eigenvalue weighted by Gasteiger charge is 2.03. The Labute approximate surface area is 107 Å². The summed E-state index contributed by atoms with van der Waals surface area (Å²) in [5, 5.41) is 2.78. The predicted molar refractivity (Wildman–Crippen MR) is 73.3 cm³/mol. The monoisotopic (exact) mass is 243 g/mol. The molecule has 1 aromatic carbocycles. The van der Waals surface area contributed by atoms with E-state index < -0.39 is 0 Å². The van der Waals surface area contributed by atoms with Crippen LogP contribution in [0.2, 0.25) is 0 Å². The van der Waals surface area contributed by atoms with Gasteiger partial charge < -0.3 is 10.1 Å². The van der Waals surface area contributed by atoms with Gasteiger partial charge in [-0.1, -0.05) is 43.5 Å². The van der Waals surface area contributed by atoms with Gasteiger partial charge in [0.1, 0.15) is 5.75 Å². The smallest absolute Gasteiger partial charge is 0.250 e. The van der Waals surface area contributed by atoms with Crippen molar-refractivity contribution in [3.63, 3.8) is 0 Å². The molecule has 1 rings (SSSR count). The highest BCUT2D eigenvalue weighted by molar-refractivity contribution is 5.95. The third-order valence-corrected chi connectivity index (χ3v) is 2.34. The SMILES string of the molecule is C=C/C=C\C(=C)C(=O)NCc1ccc(OC)cc1. The fraction of sp³-hybridized carbons (Fsp3) is 0.133. The minimum atomic E-state index is -0.191. The minimum Gasteiger partial charge on any atom is -0.497 e. The third-order valence-electron chi connectivity index (χ3n) is 2.34. The number of rotatable bonds is 6. The number of hydrogen-bond donors (Lipinski definition) is 1. The largest absolute Gasteiger partial charge is 0.497 e. The average molecular weight is 243 g/mol. The Hall–Kier alpha value is -2.29. The number of methoxy groups -OCH3 is 1. The van der Waals surface area contributed by atoms with E-state index in [4.69, 9.17) is 4.74 Å². The predicted octanol–water partition coefficient (Wildman–Crippen LogP) is 2.61. The molecule has 3 nitrogen and oxygen atoms in total. The second-order valence-corrected chi connectivity index (χ2v) is 3.65. The first-order chi connectivity index (χ1) is 8.67. The van der Waals surface area contributed by atoms with E-state index in [1.165, 1.54) is 0 Å². The van der Waals surface area contributed by atoms with Crippen LogP contribution < -0.4 is 10.1 Å². The summed E-state index contributed by atoms with van der Waals surface area (Å²) in [7, 11) is 1.62. The zero-order valence-corrected chi connectivity index (χ0v) is 10.5. The first-order valence-electron chi connectivity index (χ1n) is 5.56. The lowest BCUT2D eigenvalue weighted by Gasteiger charge is -2.06. The van der Waals surface area contributed by atoms with E-state index in [-0.39, 0.29) is 5.91 Å². The molecule has 0 aliphatic heterocycles. The Bertz CT molecular complexity index is 458. The van der Waals surface area contributed by atoms with E-state index in [1.54, 1.807) is 25.3 Å². The van der Waals surface area contributed by atoms with Crippen molar-refractivity contribution in [2.24, 2.45) is 0 Å². The summed E-state index contributed by atoms with van der Waals surface area (Å²) in [4.78, 5) is 11.6. The number of hydrogen-bond acceptors (Lipinski definition) is 2. The molecule has 0 unspecified atom stereocenters. The van der Waals surface area contributed by atoms with Crippen LogP contribution in [0.1, 0.15) is 5.56 Å². The first kappa shape index (κ1) is 13.8. The van der Waals surface area contributed by atoms with Crippen molar-refractivity contribution in [1.29, 1.82) is 0 Å². The van der Waals surface area contributed by atoms with Crippen LogP contribution in [-0.4, -0.2) is 13.0 Å². The molecule has 94 valence electrons. The van der Waals surface area contributed by atoms with Gasteiger partial charge in [-0.2, -0.15) is 0 Å². The molecule has 0 radical (unpaired) electrons. The minimum absolute atomic E-state index is 0.191. The van der Waals surface area contributed by atoms with Crippen LogP contribution in [0.5, 0.6) is 5.75 Å². The topological polar surface area (TPSA) is 38.3 Å². The van der Waals surface area contributed by atoms with Crippen LogP contribution in [0.3, 0.4) is 0 Å². The van der Waals surface area contributed by atoms with Gasteiger partial charge in [0.15, 0.2) is 0 Å². The van der Waals surface area contributed by atoms with Crippen LogP contribution >= 0.6 is 0 Å². The molecular formula is C15H17NO2. The fourth-order valence-corrected chi connectivity index (χ4v) is 1.30. The zero-order valence-electron chi connectivity index (χ0n) is 10.5. The first-order valence-corrected chi connectivity index (χ1v) is 5.56. The Balaban J connectivity index is 2.49. The van der Waals surface area contributed by atoms with Gasteiger partial charge in [-0.05, 0) is 17.7 Å². The van der Waals surface area contributed by atoms with Crippen molar-refractivity contribution in [3.05, 3.63) is 66.8 Å². The highest BCUT2D eigenvalue weighted by atomic mass is 16.5. The number of allylic oxidation sites excluding steroid dienone is 2. The van der Waals surface area contributed by atoms with Crippen LogP contribution in [0.4, 0.5) is 0 Å². The molecule has 0 saturated carbocycles. The van der Waals surface area contributed by atoms with Crippen molar-refractivity contribution < 1.29 is 9.53 Å². The van der Waals surface area contributed by atoms with Crippen LogP contribution in [0.15, 0.2) is 61.2 Å². The molecule has 0 heterocycles. The number of amides is 1. The van der Waals surface area contributed by atoms with E-state index in [0.29, 0.717) is 12.1 Å². The van der Waals surface area contributed by atoms with E-state index in [2.05, 4.69) is 18.5 Å². The molecule has 0 aliphatic rings. The van der Waals surface area contributed by atoms with Crippen LogP contribution in [0.25, 0.3) is 0 Å². The summed E-state index contributed by atoms with van der Waals surface area (Å²) in [6.45, 7) is 7.66. The summed E-state index contributed by atoms with van der Waals surface area (Å²) in [6, 6.07) is 7.52. The zero-order chi connectivity index (χ0) is 13.4. The average Bonchev–Trinajstić information content (AvgIpc) is 2.42. The van der Waals surface area contributed by atoms with E-state index >= 15 is 0 Å². The van der Waals surface area contributed by atoms with E-state index in [1.807, 2.05) is 24.3 Å². The summed E-state index contributed by atoms with van der Waals surface area (Å²) >= 11 is 0. The molecule has 0 bridgehead atoms. The molecule has 0 atom stereocenters. The van der Waals surface area contributed by atoms with Gasteiger partial charge in [0, 0.05) is 12.1 Å². The lowest BCUT2D eigenvalue weighted by molar-refractivity contribution is -0.117. The van der Waals surface area contributed by atoms with Crippen molar-refractivity contribution in [2.45, 2.75) is 6.54 Å². The number of benzene rings is 1. The molecule has 0 aliphatic carbocycles. The molecule has 0 spiro atoms. The Morgan fingerprint density at radius 3 is 2.61 bits per heavy atom. The lowest BCUT2D eigenvalue weighted by atomic mass is 10.2. The molecule has 0 aromatic heterocycles. The van der Waals surface area contributed by atoms with Crippen LogP contribution in [-0.2, 0) is 11.3 Å². The number of nitrogens with one attached hydrogen (secondary N) is 1. The summed E-state index contributed by atoms with van der Waals surface area (Å²) in [5.74, 6) is 0.604. The highest BCUT2D eigenvalue weighted by Crippen LogP contribution is 2.11. The lowest BCUT2D eigenvalue weighted by Crippen LogP contribution is -2.23. The summed E-state index contributed by atoms with van der Waals surface area (Å²) in [5.41, 5.74) is 1.41. The maximum Gasteiger partial charge on any atom is 0.250 e. The van der Waals surface area contributed by atoms with Crippen molar-refractivity contribution >= 4 is 5.91 Å². The van der Waals surface area contributed by atoms with Crippen molar-refractivity contribution in [1.82, 2.24) is 5.32 Å². The molecule has 1 N–H and O–H groups in total. The third kappa shape index (κ3) is 4.29. The summed E-state index contributed by atoms with van der Waals surface area (Å²) < 4.78 is 5.06. The second-order valence-electron chi connectivity index (χ2n) is 3.65. The quantitative estimate of drug-likeness (QED) is 0.616. The fourth-order valence-electron chi connectivity index (χ4n) is 1.30. The standard InChI is InChI=1S/C15H17NO2/c1-4-5-6-12(2)15(17)16-11-13-7-9-14(18-3)10-8-13/h4-10H,1-2,11H2,3H3,(H,16,17)/b6-5-. The Kier molecular flexibility index (Phi) is 5.45. The Morgan fingerprint density at radius 1 is 1.39 bits per heavy atom. The number of carbonyl (C=O) groups excluding carboxylic acids is 1. The molecular weight excluding hydrogens is 226 g/mol. The normalized spacial score (nSPS) is 10.1. The van der Waals surface area contributed by atoms with Crippen LogP contribution in [0, 0.1) is 0 Å². The number of carbonyl (C=O) groups is 1. The van der Waals surface area contributed by atoms with Gasteiger partial charge in [0.05, 0.1) is 7.11 Å². The van der Waals surface area contributed by atoms with Crippen molar-refractivity contribution in [2.75, 3.05) is 7.11 Å². The van der Waals surface area contributed by atoms with Crippen molar-refractivity contribution in [3.8, 4) is 5.75 Å². The van der Waals surface area contributed by atoms with Gasteiger partial charge in [-0.3, -0.25) is 4.79 Å². The molecule has 0 saturated heterocycles. The van der Waals surface area contributed by atoms with E-state index in [9.17, 15) is 4.79 Å². The Morgan fingerprint density at radius 2 is 2.06 bits per heavy atom. The maximum atomic E-state index is 11.6. The summed E-state index contributed by atoms with van der Waals surface area (Å²) in [6.07, 6.45) is 4.90. The molecule has 3 heteroatoms.